The zero-order valence-corrected chi connectivity index (χ0v) is 10.9. The molecule has 0 bridgehead atoms. The van der Waals surface area contributed by atoms with Crippen molar-refractivity contribution in [2.24, 2.45) is 0 Å². The van der Waals surface area contributed by atoms with Crippen molar-refractivity contribution >= 4 is 29.0 Å². The number of benzene rings is 1. The maximum absolute atomic E-state index is 11.2. The summed E-state index contributed by atoms with van der Waals surface area (Å²) in [6.45, 7) is 1.68. The van der Waals surface area contributed by atoms with Crippen molar-refractivity contribution in [1.29, 1.82) is 0 Å². The molecule has 2 rings (SSSR count). The van der Waals surface area contributed by atoms with Gasteiger partial charge in [0.2, 0.25) is 0 Å². The van der Waals surface area contributed by atoms with Gasteiger partial charge < -0.3 is 14.4 Å². The third kappa shape index (κ3) is 2.68. The zero-order chi connectivity index (χ0) is 13.1. The highest BCUT2D eigenvalue weighted by Crippen LogP contribution is 2.17. The molecule has 0 fully saturated rings. The number of anilines is 1. The lowest BCUT2D eigenvalue weighted by molar-refractivity contribution is -0.149. The van der Waals surface area contributed by atoms with Crippen LogP contribution in [0.15, 0.2) is 42.0 Å². The van der Waals surface area contributed by atoms with Gasteiger partial charge in [0.25, 0.3) is 11.5 Å². The fourth-order valence-corrected chi connectivity index (χ4v) is 1.70. The first kappa shape index (κ1) is 12.6. The lowest BCUT2D eigenvalue weighted by Crippen LogP contribution is -2.30. The van der Waals surface area contributed by atoms with Gasteiger partial charge in [-0.2, -0.15) is 0 Å². The highest BCUT2D eigenvalue weighted by molar-refractivity contribution is 7.80. The lowest BCUT2D eigenvalue weighted by atomic mass is 10.3. The summed E-state index contributed by atoms with van der Waals surface area (Å²) in [5.74, 6) is -0.370. The van der Waals surface area contributed by atoms with Gasteiger partial charge in [-0.25, -0.2) is 4.79 Å². The van der Waals surface area contributed by atoms with E-state index in [1.165, 1.54) is 0 Å². The summed E-state index contributed by atoms with van der Waals surface area (Å²) in [5.41, 5.74) is 1.44. The fraction of sp³-hybridized carbons (Fsp3) is 0.231. The fourth-order valence-electron chi connectivity index (χ4n) is 1.50. The topological polar surface area (TPSA) is 38.8 Å². The van der Waals surface area contributed by atoms with Crippen LogP contribution in [0.5, 0.6) is 0 Å². The molecule has 1 heterocycles. The average molecular weight is 263 g/mol. The molecule has 1 atom stereocenters. The first-order chi connectivity index (χ1) is 8.58. The molecular formula is C13H13NO3S. The quantitative estimate of drug-likeness (QED) is 0.604. The Labute approximate surface area is 111 Å². The lowest BCUT2D eigenvalue weighted by Gasteiger charge is -2.21. The van der Waals surface area contributed by atoms with Gasteiger partial charge in [0.1, 0.15) is 0 Å². The van der Waals surface area contributed by atoms with Crippen LogP contribution in [0.2, 0.25) is 0 Å². The van der Waals surface area contributed by atoms with E-state index in [0.29, 0.717) is 5.57 Å². The number of hydrogen-bond acceptors (Lipinski definition) is 4. The van der Waals surface area contributed by atoms with Gasteiger partial charge in [0, 0.05) is 24.4 Å². The molecule has 0 saturated carbocycles. The molecule has 1 aromatic carbocycles. The van der Waals surface area contributed by atoms with Gasteiger partial charge in [-0.05, 0) is 31.3 Å². The van der Waals surface area contributed by atoms with E-state index in [2.05, 4.69) is 0 Å². The Morgan fingerprint density at radius 1 is 1.39 bits per heavy atom. The summed E-state index contributed by atoms with van der Waals surface area (Å²) >= 11 is 5.16. The van der Waals surface area contributed by atoms with Gasteiger partial charge >= 0.3 is 5.97 Å². The summed E-state index contributed by atoms with van der Waals surface area (Å²) in [6, 6.07) is 9.57. The normalized spacial score (nSPS) is 18.0. The number of carbonyl (C=O) groups is 1. The molecule has 1 aliphatic rings. The van der Waals surface area contributed by atoms with E-state index in [-0.39, 0.29) is 11.1 Å². The second kappa shape index (κ2) is 5.18. The Morgan fingerprint density at radius 3 is 2.61 bits per heavy atom. The standard InChI is InChI=1S/C13H13NO3S/c1-9-8-11(16-12(9)15)17-13(18)14(2)10-6-4-3-5-7-10/h3-8,11H,1-2H3. The first-order valence-corrected chi connectivity index (χ1v) is 5.87. The van der Waals surface area contributed by atoms with Gasteiger partial charge in [-0.1, -0.05) is 18.2 Å². The van der Waals surface area contributed by atoms with Crippen LogP contribution in [-0.2, 0) is 14.3 Å². The SMILES string of the molecule is CC1=CC(OC(=S)N(C)c2ccccc2)OC1=O. The molecule has 0 radical (unpaired) electrons. The summed E-state index contributed by atoms with van der Waals surface area (Å²) in [4.78, 5) is 12.9. The number of hydrogen-bond donors (Lipinski definition) is 0. The number of carbonyl (C=O) groups excluding carboxylic acids is 1. The van der Waals surface area contributed by atoms with Crippen molar-refractivity contribution in [2.45, 2.75) is 13.2 Å². The third-order valence-corrected chi connectivity index (χ3v) is 2.94. The predicted molar refractivity (Wildman–Crippen MR) is 72.2 cm³/mol. The summed E-state index contributed by atoms with van der Waals surface area (Å²) in [7, 11) is 1.80. The molecule has 1 aliphatic heterocycles. The average Bonchev–Trinajstić information content (AvgIpc) is 2.68. The van der Waals surface area contributed by atoms with Crippen LogP contribution in [0.3, 0.4) is 0 Å². The molecule has 0 aliphatic carbocycles. The molecule has 1 unspecified atom stereocenters. The van der Waals surface area contributed by atoms with Gasteiger partial charge in [0.05, 0.1) is 0 Å². The molecule has 0 saturated heterocycles. The molecule has 1 aromatic rings. The number of ether oxygens (including phenoxy) is 2. The summed E-state index contributed by atoms with van der Waals surface area (Å²) < 4.78 is 10.4. The minimum atomic E-state index is -0.726. The van der Waals surface area contributed by atoms with Crippen LogP contribution in [-0.4, -0.2) is 24.5 Å². The van der Waals surface area contributed by atoms with Crippen LogP contribution in [0.4, 0.5) is 5.69 Å². The van der Waals surface area contributed by atoms with E-state index >= 15 is 0 Å². The number of rotatable bonds is 2. The molecular weight excluding hydrogens is 250 g/mol. The van der Waals surface area contributed by atoms with Crippen LogP contribution >= 0.6 is 12.2 Å². The van der Waals surface area contributed by atoms with Crippen LogP contribution in [0.1, 0.15) is 6.92 Å². The highest BCUT2D eigenvalue weighted by Gasteiger charge is 2.25. The minimum Gasteiger partial charge on any atom is -0.426 e. The van der Waals surface area contributed by atoms with Crippen molar-refractivity contribution in [3.63, 3.8) is 0 Å². The predicted octanol–water partition coefficient (Wildman–Crippen LogP) is 2.25. The van der Waals surface area contributed by atoms with Gasteiger partial charge in [-0.3, -0.25) is 0 Å². The number of esters is 1. The molecule has 5 heteroatoms. The monoisotopic (exact) mass is 263 g/mol. The van der Waals surface area contributed by atoms with E-state index in [1.807, 2.05) is 30.3 Å². The Bertz CT molecular complexity index is 498. The first-order valence-electron chi connectivity index (χ1n) is 5.47. The minimum absolute atomic E-state index is 0.255. The number of thiocarbonyl (C=S) groups is 1. The van der Waals surface area contributed by atoms with Crippen molar-refractivity contribution in [3.05, 3.63) is 42.0 Å². The maximum atomic E-state index is 11.2. The Balaban J connectivity index is 1.99. The van der Waals surface area contributed by atoms with Crippen molar-refractivity contribution < 1.29 is 14.3 Å². The maximum Gasteiger partial charge on any atom is 0.336 e. The van der Waals surface area contributed by atoms with Gasteiger partial charge in [0.15, 0.2) is 0 Å². The van der Waals surface area contributed by atoms with Crippen molar-refractivity contribution in [1.82, 2.24) is 0 Å². The summed E-state index contributed by atoms with van der Waals surface area (Å²) in [6.07, 6.45) is 0.879. The Hall–Kier alpha value is -1.88. The zero-order valence-electron chi connectivity index (χ0n) is 10.1. The second-order valence-corrected chi connectivity index (χ2v) is 4.25. The van der Waals surface area contributed by atoms with Crippen LogP contribution < -0.4 is 4.90 Å². The van der Waals surface area contributed by atoms with Crippen LogP contribution in [0.25, 0.3) is 0 Å². The molecule has 0 spiro atoms. The largest absolute Gasteiger partial charge is 0.426 e. The van der Waals surface area contributed by atoms with Gasteiger partial charge in [-0.15, -0.1) is 0 Å². The molecule has 94 valence electrons. The smallest absolute Gasteiger partial charge is 0.336 e. The Kier molecular flexibility index (Phi) is 3.62. The third-order valence-electron chi connectivity index (χ3n) is 2.57. The molecule has 0 aromatic heterocycles. The Morgan fingerprint density at radius 2 is 2.06 bits per heavy atom. The van der Waals surface area contributed by atoms with E-state index in [0.717, 1.165) is 5.69 Å². The van der Waals surface area contributed by atoms with E-state index in [9.17, 15) is 4.79 Å². The second-order valence-electron chi connectivity index (χ2n) is 3.90. The van der Waals surface area contributed by atoms with E-state index in [4.69, 9.17) is 21.7 Å². The molecule has 0 N–H and O–H groups in total. The van der Waals surface area contributed by atoms with E-state index in [1.54, 1.807) is 24.9 Å². The molecule has 18 heavy (non-hydrogen) atoms. The molecule has 0 amide bonds. The summed E-state index contributed by atoms with van der Waals surface area (Å²) in [5, 5.41) is 0.255. The van der Waals surface area contributed by atoms with E-state index < -0.39 is 6.29 Å². The number of cyclic esters (lactones) is 1. The van der Waals surface area contributed by atoms with Crippen LogP contribution in [0, 0.1) is 0 Å². The van der Waals surface area contributed by atoms with Crippen molar-refractivity contribution in [3.8, 4) is 0 Å². The highest BCUT2D eigenvalue weighted by atomic mass is 32.1. The van der Waals surface area contributed by atoms with Crippen molar-refractivity contribution in [2.75, 3.05) is 11.9 Å². The molecule has 4 nitrogen and oxygen atoms in total. The number of nitrogens with zero attached hydrogens (tertiary/aromatic N) is 1. The number of para-hydroxylation sites is 1.